The molecule has 0 spiro atoms. The lowest BCUT2D eigenvalue weighted by molar-refractivity contribution is 0.244. The standard InChI is InChI=1S/C8H12N4O3/c13-6-7(11-12-8(14)10-6)15-4-5-1-2-9-3-5/h5,9H,1-4H2,(H2,10,12,13,14). The SMILES string of the molecule is O=c1[nH]nc(OCC2CCNC2)c(=O)[nH]1. The first kappa shape index (κ1) is 9.91. The molecule has 1 saturated heterocycles. The predicted octanol–water partition coefficient (Wildman–Crippen LogP) is -1.55. The fourth-order valence-corrected chi connectivity index (χ4v) is 1.49. The van der Waals surface area contributed by atoms with E-state index in [1.807, 2.05) is 4.98 Å². The van der Waals surface area contributed by atoms with Crippen LogP contribution in [0.3, 0.4) is 0 Å². The van der Waals surface area contributed by atoms with Gasteiger partial charge in [-0.05, 0) is 13.0 Å². The van der Waals surface area contributed by atoms with Gasteiger partial charge in [0.05, 0.1) is 6.61 Å². The molecule has 1 fully saturated rings. The molecule has 15 heavy (non-hydrogen) atoms. The molecule has 1 unspecified atom stereocenters. The summed E-state index contributed by atoms with van der Waals surface area (Å²) in [6.45, 7) is 2.31. The van der Waals surface area contributed by atoms with Crippen molar-refractivity contribution in [1.29, 1.82) is 0 Å². The minimum atomic E-state index is -0.630. The summed E-state index contributed by atoms with van der Waals surface area (Å²) in [6.07, 6.45) is 1.03. The zero-order valence-electron chi connectivity index (χ0n) is 8.08. The van der Waals surface area contributed by atoms with Crippen molar-refractivity contribution < 1.29 is 4.74 Å². The minimum absolute atomic E-state index is 0.0819. The summed E-state index contributed by atoms with van der Waals surface area (Å²) in [6, 6.07) is 0. The Morgan fingerprint density at radius 3 is 3.00 bits per heavy atom. The molecule has 82 valence electrons. The molecule has 1 aliphatic rings. The highest BCUT2D eigenvalue weighted by Gasteiger charge is 2.16. The lowest BCUT2D eigenvalue weighted by atomic mass is 10.1. The van der Waals surface area contributed by atoms with Crippen LogP contribution in [0.5, 0.6) is 5.88 Å². The van der Waals surface area contributed by atoms with Gasteiger partial charge in [0.1, 0.15) is 0 Å². The Morgan fingerprint density at radius 1 is 1.47 bits per heavy atom. The second kappa shape index (κ2) is 4.26. The Balaban J connectivity index is 1.98. The Morgan fingerprint density at radius 2 is 2.33 bits per heavy atom. The molecule has 0 bridgehead atoms. The molecule has 7 nitrogen and oxygen atoms in total. The average Bonchev–Trinajstić information content (AvgIpc) is 2.69. The van der Waals surface area contributed by atoms with Gasteiger partial charge in [-0.1, -0.05) is 0 Å². The van der Waals surface area contributed by atoms with Crippen molar-refractivity contribution in [2.75, 3.05) is 19.7 Å². The summed E-state index contributed by atoms with van der Waals surface area (Å²) in [5, 5.41) is 8.82. The van der Waals surface area contributed by atoms with Gasteiger partial charge in [-0.25, -0.2) is 9.89 Å². The van der Waals surface area contributed by atoms with Crippen molar-refractivity contribution in [3.05, 3.63) is 20.8 Å². The van der Waals surface area contributed by atoms with E-state index in [1.165, 1.54) is 0 Å². The summed E-state index contributed by atoms with van der Waals surface area (Å²) in [5.74, 6) is 0.319. The normalized spacial score (nSPS) is 20.4. The van der Waals surface area contributed by atoms with Crippen LogP contribution in [-0.4, -0.2) is 34.9 Å². The van der Waals surface area contributed by atoms with Gasteiger partial charge in [0.15, 0.2) is 0 Å². The zero-order valence-corrected chi connectivity index (χ0v) is 8.08. The summed E-state index contributed by atoms with van der Waals surface area (Å²) in [7, 11) is 0. The van der Waals surface area contributed by atoms with Crippen molar-refractivity contribution in [3.8, 4) is 5.88 Å². The maximum atomic E-state index is 11.2. The lowest BCUT2D eigenvalue weighted by Crippen LogP contribution is -2.27. The minimum Gasteiger partial charge on any atom is -0.472 e. The summed E-state index contributed by atoms with van der Waals surface area (Å²) >= 11 is 0. The third kappa shape index (κ3) is 2.44. The number of hydrogen-bond acceptors (Lipinski definition) is 5. The van der Waals surface area contributed by atoms with Crippen LogP contribution in [0.25, 0.3) is 0 Å². The molecule has 1 aliphatic heterocycles. The van der Waals surface area contributed by atoms with Gasteiger partial charge in [0.25, 0.3) is 5.88 Å². The molecule has 1 aromatic rings. The van der Waals surface area contributed by atoms with Gasteiger partial charge < -0.3 is 10.1 Å². The van der Waals surface area contributed by atoms with Crippen molar-refractivity contribution in [2.24, 2.45) is 5.92 Å². The first-order chi connectivity index (χ1) is 7.25. The Kier molecular flexibility index (Phi) is 2.82. The highest BCUT2D eigenvalue weighted by atomic mass is 16.5. The van der Waals surface area contributed by atoms with Gasteiger partial charge >= 0.3 is 11.2 Å². The number of nitrogens with zero attached hydrogens (tertiary/aromatic N) is 1. The molecule has 0 aromatic carbocycles. The van der Waals surface area contributed by atoms with E-state index in [4.69, 9.17) is 4.74 Å². The van der Waals surface area contributed by atoms with E-state index >= 15 is 0 Å². The first-order valence-corrected chi connectivity index (χ1v) is 4.78. The van der Waals surface area contributed by atoms with E-state index in [0.717, 1.165) is 19.5 Å². The highest BCUT2D eigenvalue weighted by molar-refractivity contribution is 4.99. The number of ether oxygens (including phenoxy) is 1. The van der Waals surface area contributed by atoms with Crippen LogP contribution >= 0.6 is 0 Å². The summed E-state index contributed by atoms with van der Waals surface area (Å²) < 4.78 is 5.21. The van der Waals surface area contributed by atoms with Crippen LogP contribution in [0.15, 0.2) is 9.59 Å². The molecule has 0 amide bonds. The number of nitrogens with one attached hydrogen (secondary N) is 3. The van der Waals surface area contributed by atoms with Gasteiger partial charge in [-0.15, -0.1) is 5.10 Å². The molecule has 3 N–H and O–H groups in total. The topological polar surface area (TPSA) is 99.9 Å². The number of H-pyrrole nitrogens is 2. The molecule has 1 atom stereocenters. The Hall–Kier alpha value is -1.63. The second-order valence-electron chi connectivity index (χ2n) is 3.48. The number of hydrogen-bond donors (Lipinski definition) is 3. The monoisotopic (exact) mass is 212 g/mol. The average molecular weight is 212 g/mol. The number of aromatic amines is 2. The van der Waals surface area contributed by atoms with Gasteiger partial charge in [0.2, 0.25) is 0 Å². The van der Waals surface area contributed by atoms with E-state index in [1.54, 1.807) is 0 Å². The fraction of sp³-hybridized carbons (Fsp3) is 0.625. The zero-order chi connectivity index (χ0) is 10.7. The smallest absolute Gasteiger partial charge is 0.342 e. The van der Waals surface area contributed by atoms with E-state index in [9.17, 15) is 9.59 Å². The molecule has 2 heterocycles. The van der Waals surface area contributed by atoms with Crippen LogP contribution in [-0.2, 0) is 0 Å². The molecule has 0 saturated carbocycles. The van der Waals surface area contributed by atoms with Crippen LogP contribution in [0.1, 0.15) is 6.42 Å². The van der Waals surface area contributed by atoms with Gasteiger partial charge in [0, 0.05) is 12.5 Å². The largest absolute Gasteiger partial charge is 0.472 e. The second-order valence-corrected chi connectivity index (χ2v) is 3.48. The Labute approximate surface area is 84.9 Å². The van der Waals surface area contributed by atoms with Crippen molar-refractivity contribution >= 4 is 0 Å². The maximum Gasteiger partial charge on any atom is 0.342 e. The quantitative estimate of drug-likeness (QED) is 0.563. The molecule has 0 radical (unpaired) electrons. The lowest BCUT2D eigenvalue weighted by Gasteiger charge is -2.08. The Bertz CT molecular complexity index is 432. The van der Waals surface area contributed by atoms with E-state index < -0.39 is 11.2 Å². The maximum absolute atomic E-state index is 11.2. The van der Waals surface area contributed by atoms with Crippen molar-refractivity contribution in [2.45, 2.75) is 6.42 Å². The van der Waals surface area contributed by atoms with Crippen molar-refractivity contribution in [1.82, 2.24) is 20.5 Å². The van der Waals surface area contributed by atoms with Crippen LogP contribution in [0.4, 0.5) is 0 Å². The third-order valence-electron chi connectivity index (χ3n) is 2.30. The summed E-state index contributed by atoms with van der Waals surface area (Å²) in [5.41, 5.74) is -1.22. The van der Waals surface area contributed by atoms with Crippen molar-refractivity contribution in [3.63, 3.8) is 0 Å². The molecule has 2 rings (SSSR count). The van der Waals surface area contributed by atoms with E-state index in [2.05, 4.69) is 15.5 Å². The third-order valence-corrected chi connectivity index (χ3v) is 2.30. The van der Waals surface area contributed by atoms with E-state index in [-0.39, 0.29) is 5.88 Å². The molecular formula is C8H12N4O3. The highest BCUT2D eigenvalue weighted by Crippen LogP contribution is 2.07. The predicted molar refractivity (Wildman–Crippen MR) is 52.0 cm³/mol. The number of aromatic nitrogens is 3. The molecule has 1 aromatic heterocycles. The molecular weight excluding hydrogens is 200 g/mol. The van der Waals surface area contributed by atoms with Gasteiger partial charge in [-0.3, -0.25) is 9.78 Å². The fourth-order valence-electron chi connectivity index (χ4n) is 1.49. The molecule has 0 aliphatic carbocycles. The number of rotatable bonds is 3. The van der Waals surface area contributed by atoms with Gasteiger partial charge in [-0.2, -0.15) is 0 Å². The van der Waals surface area contributed by atoms with Crippen LogP contribution < -0.4 is 21.3 Å². The summed E-state index contributed by atoms with van der Waals surface area (Å²) in [4.78, 5) is 23.9. The molecule has 7 heteroatoms. The van der Waals surface area contributed by atoms with E-state index in [0.29, 0.717) is 12.5 Å². The van der Waals surface area contributed by atoms with Crippen LogP contribution in [0, 0.1) is 5.92 Å². The first-order valence-electron chi connectivity index (χ1n) is 4.78. The van der Waals surface area contributed by atoms with Crippen LogP contribution in [0.2, 0.25) is 0 Å².